The molecule has 18 heavy (non-hydrogen) atoms. The minimum atomic E-state index is -0.333. The van der Waals surface area contributed by atoms with Crippen LogP contribution in [-0.4, -0.2) is 35.3 Å². The Hall–Kier alpha value is -1.06. The van der Waals surface area contributed by atoms with Crippen molar-refractivity contribution in [2.24, 2.45) is 5.92 Å². The lowest BCUT2D eigenvalue weighted by molar-refractivity contribution is -0.148. The van der Waals surface area contributed by atoms with Gasteiger partial charge in [0.25, 0.3) is 0 Å². The molecule has 0 aliphatic carbocycles. The number of amides is 2. The zero-order valence-corrected chi connectivity index (χ0v) is 12.0. The van der Waals surface area contributed by atoms with E-state index in [1.54, 1.807) is 4.90 Å². The number of nitrogens with one attached hydrogen (secondary N) is 1. The first-order chi connectivity index (χ1) is 8.51. The van der Waals surface area contributed by atoms with Crippen LogP contribution in [-0.2, 0) is 9.59 Å². The van der Waals surface area contributed by atoms with Crippen LogP contribution in [0.25, 0.3) is 0 Å². The minimum absolute atomic E-state index is 0.0248. The number of nitrogens with zero attached hydrogens (tertiary/aromatic N) is 1. The predicted octanol–water partition coefficient (Wildman–Crippen LogP) is 1.94. The van der Waals surface area contributed by atoms with Gasteiger partial charge in [0.05, 0.1) is 6.54 Å². The Morgan fingerprint density at radius 1 is 1.33 bits per heavy atom. The summed E-state index contributed by atoms with van der Waals surface area (Å²) in [6.07, 6.45) is 4.09. The van der Waals surface area contributed by atoms with Crippen LogP contribution in [0.3, 0.4) is 0 Å². The lowest BCUT2D eigenvalue weighted by Gasteiger charge is -2.38. The maximum atomic E-state index is 12.4. The van der Waals surface area contributed by atoms with E-state index in [9.17, 15) is 9.59 Å². The second-order valence-corrected chi connectivity index (χ2v) is 5.39. The van der Waals surface area contributed by atoms with Crippen LogP contribution >= 0.6 is 0 Å². The molecule has 0 radical (unpaired) electrons. The van der Waals surface area contributed by atoms with E-state index in [2.05, 4.69) is 12.2 Å². The Labute approximate surface area is 110 Å². The van der Waals surface area contributed by atoms with Crippen molar-refractivity contribution < 1.29 is 9.59 Å². The van der Waals surface area contributed by atoms with Crippen LogP contribution in [0.2, 0.25) is 0 Å². The van der Waals surface area contributed by atoms with Gasteiger partial charge in [-0.1, -0.05) is 40.0 Å². The normalized spacial score (nSPS) is 23.8. The van der Waals surface area contributed by atoms with Gasteiger partial charge in [-0.05, 0) is 19.3 Å². The first-order valence-corrected chi connectivity index (χ1v) is 7.11. The van der Waals surface area contributed by atoms with E-state index in [0.717, 1.165) is 25.7 Å². The largest absolute Gasteiger partial charge is 0.342 e. The molecule has 1 heterocycles. The molecule has 104 valence electrons. The summed E-state index contributed by atoms with van der Waals surface area (Å²) in [6.45, 7) is 8.46. The quantitative estimate of drug-likeness (QED) is 0.787. The molecule has 2 amide bonds. The van der Waals surface area contributed by atoms with Gasteiger partial charge in [0.1, 0.15) is 6.04 Å². The van der Waals surface area contributed by atoms with Crippen molar-refractivity contribution in [2.45, 2.75) is 65.5 Å². The van der Waals surface area contributed by atoms with Crippen molar-refractivity contribution in [3.63, 3.8) is 0 Å². The average molecular weight is 254 g/mol. The summed E-state index contributed by atoms with van der Waals surface area (Å²) in [5, 5.41) is 2.83. The van der Waals surface area contributed by atoms with Gasteiger partial charge in [0, 0.05) is 6.04 Å². The SMILES string of the molecule is CCCCC(C)N1CC(=O)NC(C(C)CC)C1=O. The van der Waals surface area contributed by atoms with Crippen molar-refractivity contribution in [1.82, 2.24) is 10.2 Å². The third-order valence-electron chi connectivity index (χ3n) is 3.90. The number of unbranched alkanes of at least 4 members (excludes halogenated alkanes) is 1. The molecule has 4 nitrogen and oxygen atoms in total. The van der Waals surface area contributed by atoms with Crippen LogP contribution in [0.4, 0.5) is 0 Å². The van der Waals surface area contributed by atoms with Crippen molar-refractivity contribution in [1.29, 1.82) is 0 Å². The van der Waals surface area contributed by atoms with Crippen molar-refractivity contribution in [3.8, 4) is 0 Å². The maximum Gasteiger partial charge on any atom is 0.246 e. The summed E-state index contributed by atoms with van der Waals surface area (Å²) in [4.78, 5) is 25.9. The standard InChI is InChI=1S/C14H26N2O2/c1-5-7-8-11(4)16-9-12(17)15-13(14(16)18)10(3)6-2/h10-11,13H,5-9H2,1-4H3,(H,15,17). The molecule has 0 aromatic rings. The molecule has 4 heteroatoms. The highest BCUT2D eigenvalue weighted by Gasteiger charge is 2.37. The molecule has 0 aromatic carbocycles. The molecule has 1 saturated heterocycles. The van der Waals surface area contributed by atoms with E-state index in [-0.39, 0.29) is 36.4 Å². The summed E-state index contributed by atoms with van der Waals surface area (Å²) < 4.78 is 0. The second kappa shape index (κ2) is 6.76. The molecular weight excluding hydrogens is 228 g/mol. The number of piperazine rings is 1. The van der Waals surface area contributed by atoms with Crippen molar-refractivity contribution >= 4 is 11.8 Å². The zero-order chi connectivity index (χ0) is 13.7. The number of hydrogen-bond acceptors (Lipinski definition) is 2. The van der Waals surface area contributed by atoms with E-state index in [1.807, 2.05) is 20.8 Å². The van der Waals surface area contributed by atoms with E-state index >= 15 is 0 Å². The fraction of sp³-hybridized carbons (Fsp3) is 0.857. The van der Waals surface area contributed by atoms with Gasteiger partial charge < -0.3 is 10.2 Å². The van der Waals surface area contributed by atoms with Gasteiger partial charge in [0.15, 0.2) is 0 Å². The van der Waals surface area contributed by atoms with Crippen molar-refractivity contribution in [3.05, 3.63) is 0 Å². The molecule has 0 spiro atoms. The van der Waals surface area contributed by atoms with Gasteiger partial charge in [-0.25, -0.2) is 0 Å². The summed E-state index contributed by atoms with van der Waals surface area (Å²) >= 11 is 0. The highest BCUT2D eigenvalue weighted by Crippen LogP contribution is 2.18. The Bertz CT molecular complexity index is 304. The van der Waals surface area contributed by atoms with Crippen LogP contribution in [0.5, 0.6) is 0 Å². The smallest absolute Gasteiger partial charge is 0.246 e. The Kier molecular flexibility index (Phi) is 5.63. The molecule has 0 bridgehead atoms. The topological polar surface area (TPSA) is 49.4 Å². The predicted molar refractivity (Wildman–Crippen MR) is 72.1 cm³/mol. The molecular formula is C14H26N2O2. The lowest BCUT2D eigenvalue weighted by atomic mass is 9.95. The van der Waals surface area contributed by atoms with Crippen LogP contribution < -0.4 is 5.32 Å². The Balaban J connectivity index is 2.72. The van der Waals surface area contributed by atoms with E-state index < -0.39 is 0 Å². The minimum Gasteiger partial charge on any atom is -0.342 e. The monoisotopic (exact) mass is 254 g/mol. The second-order valence-electron chi connectivity index (χ2n) is 5.39. The fourth-order valence-corrected chi connectivity index (χ4v) is 2.34. The van der Waals surface area contributed by atoms with Crippen LogP contribution in [0.15, 0.2) is 0 Å². The van der Waals surface area contributed by atoms with Gasteiger partial charge in [0.2, 0.25) is 11.8 Å². The van der Waals surface area contributed by atoms with E-state index in [0.29, 0.717) is 0 Å². The first kappa shape index (κ1) is 15.0. The molecule has 3 atom stereocenters. The number of carbonyl (C=O) groups is 2. The lowest BCUT2D eigenvalue weighted by Crippen LogP contribution is -2.62. The zero-order valence-electron chi connectivity index (χ0n) is 12.0. The third-order valence-corrected chi connectivity index (χ3v) is 3.90. The molecule has 1 N–H and O–H groups in total. The van der Waals surface area contributed by atoms with Gasteiger partial charge in [-0.3, -0.25) is 9.59 Å². The molecule has 1 aliphatic rings. The van der Waals surface area contributed by atoms with Gasteiger partial charge in [-0.15, -0.1) is 0 Å². The summed E-state index contributed by atoms with van der Waals surface area (Å²) in [7, 11) is 0. The molecule has 0 aromatic heterocycles. The summed E-state index contributed by atoms with van der Waals surface area (Å²) in [5.74, 6) is 0.262. The molecule has 0 saturated carbocycles. The molecule has 3 unspecified atom stereocenters. The number of hydrogen-bond donors (Lipinski definition) is 1. The molecule has 1 fully saturated rings. The fourth-order valence-electron chi connectivity index (χ4n) is 2.34. The van der Waals surface area contributed by atoms with E-state index in [4.69, 9.17) is 0 Å². The maximum absolute atomic E-state index is 12.4. The van der Waals surface area contributed by atoms with Crippen LogP contribution in [0, 0.1) is 5.92 Å². The first-order valence-electron chi connectivity index (χ1n) is 7.11. The third kappa shape index (κ3) is 3.47. The van der Waals surface area contributed by atoms with Crippen molar-refractivity contribution in [2.75, 3.05) is 6.54 Å². The average Bonchev–Trinajstić information content (AvgIpc) is 2.37. The summed E-state index contributed by atoms with van der Waals surface area (Å²) in [6, 6.07) is -0.171. The van der Waals surface area contributed by atoms with Gasteiger partial charge >= 0.3 is 0 Å². The number of rotatable bonds is 6. The highest BCUT2D eigenvalue weighted by molar-refractivity contribution is 5.95. The Morgan fingerprint density at radius 2 is 2.00 bits per heavy atom. The van der Waals surface area contributed by atoms with Crippen LogP contribution in [0.1, 0.15) is 53.4 Å². The Morgan fingerprint density at radius 3 is 2.56 bits per heavy atom. The molecule has 1 aliphatic heterocycles. The molecule has 1 rings (SSSR count). The number of carbonyl (C=O) groups excluding carboxylic acids is 2. The van der Waals surface area contributed by atoms with Gasteiger partial charge in [-0.2, -0.15) is 0 Å². The summed E-state index contributed by atoms with van der Waals surface area (Å²) in [5.41, 5.74) is 0. The van der Waals surface area contributed by atoms with E-state index in [1.165, 1.54) is 0 Å². The highest BCUT2D eigenvalue weighted by atomic mass is 16.2.